The molecule has 0 saturated carbocycles. The normalized spacial score (nSPS) is 12.6. The first-order valence-corrected chi connectivity index (χ1v) is 7.47. The number of nitrogens with one attached hydrogen (secondary N) is 1. The van der Waals surface area contributed by atoms with Crippen LogP contribution in [0.5, 0.6) is 11.5 Å². The first-order valence-electron chi connectivity index (χ1n) is 7.16. The summed E-state index contributed by atoms with van der Waals surface area (Å²) >= 11 is 6.55. The Morgan fingerprint density at radius 2 is 1.77 bits per heavy atom. The summed E-state index contributed by atoms with van der Waals surface area (Å²) in [6.07, 6.45) is 0. The van der Waals surface area contributed by atoms with E-state index < -0.39 is 0 Å². The van der Waals surface area contributed by atoms with Gasteiger partial charge in [0.05, 0.1) is 6.07 Å². The SMILES string of the molecule is CN(C)c1ccc2c(c1)[O+](Cl)c1ccc3ccccc3c1N2. The Morgan fingerprint density at radius 1 is 0.955 bits per heavy atom. The Morgan fingerprint density at radius 3 is 2.59 bits per heavy atom. The third kappa shape index (κ3) is 1.90. The van der Waals surface area contributed by atoms with Crippen molar-refractivity contribution in [2.45, 2.75) is 0 Å². The van der Waals surface area contributed by atoms with Crippen molar-refractivity contribution in [1.82, 2.24) is 0 Å². The van der Waals surface area contributed by atoms with Gasteiger partial charge in [0.25, 0.3) is 0 Å². The zero-order valence-corrected chi connectivity index (χ0v) is 13.2. The molecule has 0 spiro atoms. The minimum absolute atomic E-state index is 0.885. The molecule has 0 saturated heterocycles. The number of rotatable bonds is 1. The summed E-state index contributed by atoms with van der Waals surface area (Å²) in [6, 6.07) is 18.6. The van der Waals surface area contributed by atoms with Gasteiger partial charge in [-0.1, -0.05) is 24.3 Å². The maximum Gasteiger partial charge on any atom is 0.374 e. The van der Waals surface area contributed by atoms with Gasteiger partial charge in [0.1, 0.15) is 11.4 Å². The van der Waals surface area contributed by atoms with Crippen molar-refractivity contribution >= 4 is 39.7 Å². The summed E-state index contributed by atoms with van der Waals surface area (Å²) in [4.78, 5) is 2.06. The minimum atomic E-state index is 0.885. The van der Waals surface area contributed by atoms with E-state index in [1.54, 1.807) is 0 Å². The molecule has 3 aromatic carbocycles. The Balaban J connectivity index is 1.92. The Hall–Kier alpha value is -2.39. The van der Waals surface area contributed by atoms with Crippen LogP contribution in [0.3, 0.4) is 0 Å². The molecule has 1 N–H and O–H groups in total. The van der Waals surface area contributed by atoms with Gasteiger partial charge in [-0.15, -0.1) is 0 Å². The van der Waals surface area contributed by atoms with Crippen molar-refractivity contribution in [3.05, 3.63) is 54.6 Å². The molecule has 1 aliphatic rings. The predicted octanol–water partition coefficient (Wildman–Crippen LogP) is 5.44. The second-order valence-electron chi connectivity index (χ2n) is 5.62. The fraction of sp³-hybridized carbons (Fsp3) is 0.111. The molecule has 22 heavy (non-hydrogen) atoms. The molecule has 0 aromatic heterocycles. The van der Waals surface area contributed by atoms with E-state index in [0.29, 0.717) is 0 Å². The third-order valence-electron chi connectivity index (χ3n) is 4.02. The van der Waals surface area contributed by atoms with Gasteiger partial charge in [0, 0.05) is 31.2 Å². The van der Waals surface area contributed by atoms with E-state index in [4.69, 9.17) is 11.9 Å². The predicted molar refractivity (Wildman–Crippen MR) is 93.9 cm³/mol. The molecule has 0 unspecified atom stereocenters. The molecule has 1 heterocycles. The second-order valence-corrected chi connectivity index (χ2v) is 5.92. The van der Waals surface area contributed by atoms with Gasteiger partial charge >= 0.3 is 23.4 Å². The summed E-state index contributed by atoms with van der Waals surface area (Å²) < 4.78 is 2.67. The van der Waals surface area contributed by atoms with Gasteiger partial charge in [0.2, 0.25) is 0 Å². The molecule has 0 aliphatic carbocycles. The first-order chi connectivity index (χ1) is 10.6. The zero-order chi connectivity index (χ0) is 15.3. The van der Waals surface area contributed by atoms with Crippen LogP contribution in [0.1, 0.15) is 0 Å². The van der Waals surface area contributed by atoms with Crippen molar-refractivity contribution in [2.24, 2.45) is 0 Å². The van der Waals surface area contributed by atoms with Gasteiger partial charge in [-0.05, 0) is 23.6 Å². The largest absolute Gasteiger partial charge is 0.410 e. The number of halogens is 1. The molecule has 0 radical (unpaired) electrons. The van der Waals surface area contributed by atoms with Crippen LogP contribution < -0.4 is 14.1 Å². The lowest BCUT2D eigenvalue weighted by Gasteiger charge is -2.25. The molecular formula is C18H16ClN2O+. The maximum atomic E-state index is 6.55. The molecule has 4 rings (SSSR count). The monoisotopic (exact) mass is 311 g/mol. The van der Waals surface area contributed by atoms with Crippen LogP contribution >= 0.6 is 11.9 Å². The molecule has 0 bridgehead atoms. The highest BCUT2D eigenvalue weighted by Crippen LogP contribution is 2.51. The van der Waals surface area contributed by atoms with Crippen LogP contribution in [0.25, 0.3) is 10.8 Å². The van der Waals surface area contributed by atoms with E-state index in [1.807, 2.05) is 32.3 Å². The highest BCUT2D eigenvalue weighted by molar-refractivity contribution is 6.15. The second kappa shape index (κ2) is 4.82. The van der Waals surface area contributed by atoms with Crippen LogP contribution in [-0.2, 0) is 0 Å². The molecule has 4 heteroatoms. The summed E-state index contributed by atoms with van der Waals surface area (Å²) in [5.41, 5.74) is 3.10. The lowest BCUT2D eigenvalue weighted by molar-refractivity contribution is 0.341. The van der Waals surface area contributed by atoms with E-state index in [2.05, 4.69) is 50.5 Å². The quantitative estimate of drug-likeness (QED) is 0.603. The van der Waals surface area contributed by atoms with Crippen molar-refractivity contribution < 1.29 is 3.92 Å². The molecule has 110 valence electrons. The topological polar surface area (TPSA) is 18.0 Å². The lowest BCUT2D eigenvalue weighted by atomic mass is 10.1. The number of anilines is 3. The van der Waals surface area contributed by atoms with E-state index in [1.165, 1.54) is 5.39 Å². The number of hydrogen-bond acceptors (Lipinski definition) is 2. The molecule has 3 aromatic rings. The maximum absolute atomic E-state index is 6.55. The number of nitrogens with zero attached hydrogens (tertiary/aromatic N) is 1. The fourth-order valence-electron chi connectivity index (χ4n) is 2.82. The third-order valence-corrected chi connectivity index (χ3v) is 4.35. The van der Waals surface area contributed by atoms with Crippen LogP contribution in [0.15, 0.2) is 54.6 Å². The Kier molecular flexibility index (Phi) is 2.91. The van der Waals surface area contributed by atoms with Crippen LogP contribution in [0.2, 0.25) is 0 Å². The van der Waals surface area contributed by atoms with Crippen molar-refractivity contribution in [3.8, 4) is 11.5 Å². The van der Waals surface area contributed by atoms with E-state index >= 15 is 0 Å². The van der Waals surface area contributed by atoms with E-state index in [-0.39, 0.29) is 0 Å². The van der Waals surface area contributed by atoms with Gasteiger partial charge in [0.15, 0.2) is 0 Å². The van der Waals surface area contributed by atoms with Gasteiger partial charge in [-0.2, -0.15) is 0 Å². The number of hydrogen-bond donors (Lipinski definition) is 1. The Labute approximate surface area is 134 Å². The van der Waals surface area contributed by atoms with Gasteiger partial charge in [-0.3, -0.25) is 0 Å². The smallest absolute Gasteiger partial charge is 0.374 e. The number of fused-ring (bicyclic) bond motifs is 4. The standard InChI is InChI=1S/C18H16ClN2O/c1-21(2)13-8-9-15-17(11-13)22(19)16-10-7-12-5-3-4-6-14(12)18(16)20-15/h3-11,20H,1-2H3/q+1. The molecule has 0 atom stereocenters. The van der Waals surface area contributed by atoms with Crippen LogP contribution in [0, 0.1) is 0 Å². The molecular weight excluding hydrogens is 296 g/mol. The lowest BCUT2D eigenvalue weighted by Crippen LogP contribution is -2.13. The van der Waals surface area contributed by atoms with Crippen molar-refractivity contribution in [3.63, 3.8) is 0 Å². The summed E-state index contributed by atoms with van der Waals surface area (Å²) in [5, 5.41) is 5.86. The van der Waals surface area contributed by atoms with Crippen LogP contribution in [0.4, 0.5) is 17.1 Å². The van der Waals surface area contributed by atoms with Crippen LogP contribution in [-0.4, -0.2) is 14.1 Å². The summed E-state index contributed by atoms with van der Waals surface area (Å²) in [7, 11) is 4.03. The minimum Gasteiger partial charge on any atom is -0.410 e. The molecule has 0 fully saturated rings. The molecule has 3 nitrogen and oxygen atoms in total. The van der Waals surface area contributed by atoms with Crippen molar-refractivity contribution in [2.75, 3.05) is 24.3 Å². The first kappa shape index (κ1) is 13.3. The van der Waals surface area contributed by atoms with Crippen molar-refractivity contribution in [1.29, 1.82) is 0 Å². The number of benzene rings is 3. The van der Waals surface area contributed by atoms with Gasteiger partial charge in [-0.25, -0.2) is 0 Å². The van der Waals surface area contributed by atoms with E-state index in [0.717, 1.165) is 33.9 Å². The highest BCUT2D eigenvalue weighted by Gasteiger charge is 2.31. The molecule has 0 amide bonds. The highest BCUT2D eigenvalue weighted by atomic mass is 35.5. The average Bonchev–Trinajstić information content (AvgIpc) is 2.54. The zero-order valence-electron chi connectivity index (χ0n) is 12.4. The summed E-state index contributed by atoms with van der Waals surface area (Å²) in [6.45, 7) is 0. The average molecular weight is 312 g/mol. The van der Waals surface area contributed by atoms with Gasteiger partial charge < -0.3 is 14.1 Å². The summed E-state index contributed by atoms with van der Waals surface area (Å²) in [5.74, 6) is 1.78. The molecule has 1 aliphatic heterocycles. The fourth-order valence-corrected chi connectivity index (χ4v) is 3.08. The van der Waals surface area contributed by atoms with E-state index in [9.17, 15) is 0 Å². The Bertz CT molecular complexity index is 876.